The summed E-state index contributed by atoms with van der Waals surface area (Å²) in [4.78, 5) is 13.2. The van der Waals surface area contributed by atoms with E-state index in [2.05, 4.69) is 27.7 Å². The first kappa shape index (κ1) is 14.3. The summed E-state index contributed by atoms with van der Waals surface area (Å²) < 4.78 is 4.76. The number of carbonyl (C=O) groups is 1. The Hall–Kier alpha value is -0.730. The van der Waals surface area contributed by atoms with Gasteiger partial charge in [-0.2, -0.15) is 0 Å². The van der Waals surface area contributed by atoms with Crippen LogP contribution < -0.4 is 0 Å². The molecule has 0 atom stereocenters. The molecule has 0 fully saturated rings. The molecule has 0 aromatic rings. The van der Waals surface area contributed by atoms with Crippen molar-refractivity contribution >= 4 is 6.09 Å². The van der Waals surface area contributed by atoms with Crippen molar-refractivity contribution in [3.05, 3.63) is 0 Å². The Balaban J connectivity index is 4.01. The van der Waals surface area contributed by atoms with Crippen LogP contribution >= 0.6 is 0 Å². The van der Waals surface area contributed by atoms with Gasteiger partial charge >= 0.3 is 6.09 Å². The molecule has 15 heavy (non-hydrogen) atoms. The fourth-order valence-electron chi connectivity index (χ4n) is 1.25. The van der Waals surface area contributed by atoms with Crippen molar-refractivity contribution in [1.29, 1.82) is 0 Å². The summed E-state index contributed by atoms with van der Waals surface area (Å²) >= 11 is 0. The van der Waals surface area contributed by atoms with Gasteiger partial charge in [0.1, 0.15) is 0 Å². The van der Waals surface area contributed by atoms with Gasteiger partial charge in [-0.25, -0.2) is 4.79 Å². The predicted octanol–water partition coefficient (Wildman–Crippen LogP) is 3.15. The average Bonchev–Trinajstić information content (AvgIpc) is 2.16. The zero-order valence-electron chi connectivity index (χ0n) is 10.7. The molecule has 0 saturated heterocycles. The highest BCUT2D eigenvalue weighted by atomic mass is 16.5. The number of hydrogen-bond acceptors (Lipinski definition) is 2. The van der Waals surface area contributed by atoms with Gasteiger partial charge in [0.2, 0.25) is 0 Å². The fraction of sp³-hybridized carbons (Fsp3) is 0.917. The van der Waals surface area contributed by atoms with Gasteiger partial charge in [0.25, 0.3) is 0 Å². The van der Waals surface area contributed by atoms with Crippen LogP contribution in [0.4, 0.5) is 4.79 Å². The van der Waals surface area contributed by atoms with Crippen molar-refractivity contribution in [3.63, 3.8) is 0 Å². The van der Waals surface area contributed by atoms with Gasteiger partial charge in [0, 0.05) is 13.1 Å². The number of ether oxygens (including phenoxy) is 1. The number of nitrogens with zero attached hydrogens (tertiary/aromatic N) is 1. The molecule has 0 bridgehead atoms. The number of amides is 1. The molecular weight excluding hydrogens is 190 g/mol. The van der Waals surface area contributed by atoms with Crippen LogP contribution in [0, 0.1) is 11.8 Å². The van der Waals surface area contributed by atoms with Gasteiger partial charge in [-0.1, -0.05) is 27.7 Å². The number of methoxy groups -OCH3 is 1. The van der Waals surface area contributed by atoms with E-state index in [9.17, 15) is 4.79 Å². The second-order valence-corrected chi connectivity index (χ2v) is 4.82. The zero-order valence-corrected chi connectivity index (χ0v) is 10.7. The van der Waals surface area contributed by atoms with Gasteiger partial charge in [-0.3, -0.25) is 0 Å². The van der Waals surface area contributed by atoms with Crippen molar-refractivity contribution < 1.29 is 9.53 Å². The topological polar surface area (TPSA) is 29.5 Å². The molecule has 0 radical (unpaired) electrons. The lowest BCUT2D eigenvalue weighted by atomic mass is 10.1. The Labute approximate surface area is 93.8 Å². The van der Waals surface area contributed by atoms with E-state index in [1.165, 1.54) is 7.11 Å². The highest BCUT2D eigenvalue weighted by molar-refractivity contribution is 5.67. The molecule has 0 aromatic carbocycles. The quantitative estimate of drug-likeness (QED) is 0.681. The van der Waals surface area contributed by atoms with E-state index in [4.69, 9.17) is 4.74 Å². The van der Waals surface area contributed by atoms with Crippen LogP contribution in [-0.2, 0) is 4.74 Å². The molecule has 0 saturated carbocycles. The van der Waals surface area contributed by atoms with E-state index < -0.39 is 0 Å². The minimum atomic E-state index is -0.198. The molecular formula is C12H25NO2. The van der Waals surface area contributed by atoms with Crippen molar-refractivity contribution in [2.24, 2.45) is 11.8 Å². The molecule has 0 aliphatic rings. The molecule has 1 amide bonds. The Bertz CT molecular complexity index is 166. The molecule has 0 aliphatic carbocycles. The van der Waals surface area contributed by atoms with Crippen molar-refractivity contribution in [2.45, 2.75) is 40.5 Å². The third-order valence-electron chi connectivity index (χ3n) is 2.39. The Morgan fingerprint density at radius 1 is 1.07 bits per heavy atom. The zero-order chi connectivity index (χ0) is 11.8. The monoisotopic (exact) mass is 215 g/mol. The van der Waals surface area contributed by atoms with Crippen LogP contribution in [0.25, 0.3) is 0 Å². The molecule has 0 aliphatic heterocycles. The molecule has 90 valence electrons. The van der Waals surface area contributed by atoms with Crippen molar-refractivity contribution in [3.8, 4) is 0 Å². The maximum absolute atomic E-state index is 11.4. The molecule has 0 spiro atoms. The first-order valence-corrected chi connectivity index (χ1v) is 5.80. The second kappa shape index (κ2) is 7.55. The number of rotatable bonds is 6. The van der Waals surface area contributed by atoms with Crippen LogP contribution in [0.2, 0.25) is 0 Å². The third-order valence-corrected chi connectivity index (χ3v) is 2.39. The predicted molar refractivity (Wildman–Crippen MR) is 62.9 cm³/mol. The van der Waals surface area contributed by atoms with Crippen LogP contribution in [0.5, 0.6) is 0 Å². The summed E-state index contributed by atoms with van der Waals surface area (Å²) in [6.07, 6.45) is 1.87. The third kappa shape index (κ3) is 7.23. The van der Waals surface area contributed by atoms with Crippen LogP contribution in [0.3, 0.4) is 0 Å². The second-order valence-electron chi connectivity index (χ2n) is 4.82. The van der Waals surface area contributed by atoms with E-state index in [0.717, 1.165) is 25.9 Å². The Morgan fingerprint density at radius 2 is 1.47 bits per heavy atom. The normalized spacial score (nSPS) is 10.9. The van der Waals surface area contributed by atoms with Crippen LogP contribution in [0.1, 0.15) is 40.5 Å². The molecule has 3 heteroatoms. The SMILES string of the molecule is COC(=O)N(CCC(C)C)CCC(C)C. The van der Waals surface area contributed by atoms with E-state index in [1.807, 2.05) is 0 Å². The Morgan fingerprint density at radius 3 is 1.73 bits per heavy atom. The van der Waals surface area contributed by atoms with Gasteiger partial charge in [0.15, 0.2) is 0 Å². The highest BCUT2D eigenvalue weighted by Crippen LogP contribution is 2.07. The van der Waals surface area contributed by atoms with E-state index >= 15 is 0 Å². The first-order chi connectivity index (χ1) is 6.97. The summed E-state index contributed by atoms with van der Waals surface area (Å²) in [5, 5.41) is 0. The standard InChI is InChI=1S/C12H25NO2/c1-10(2)6-8-13(12(14)15-5)9-7-11(3)4/h10-11H,6-9H2,1-5H3. The number of hydrogen-bond donors (Lipinski definition) is 0. The Kier molecular flexibility index (Phi) is 7.18. The molecule has 0 heterocycles. The molecule has 0 aromatic heterocycles. The lowest BCUT2D eigenvalue weighted by molar-refractivity contribution is 0.119. The van der Waals surface area contributed by atoms with Crippen molar-refractivity contribution in [2.75, 3.05) is 20.2 Å². The molecule has 0 N–H and O–H groups in total. The van der Waals surface area contributed by atoms with Gasteiger partial charge < -0.3 is 9.64 Å². The smallest absolute Gasteiger partial charge is 0.409 e. The average molecular weight is 215 g/mol. The number of carbonyl (C=O) groups excluding carboxylic acids is 1. The summed E-state index contributed by atoms with van der Waals surface area (Å²) in [6.45, 7) is 10.3. The molecule has 3 nitrogen and oxygen atoms in total. The van der Waals surface area contributed by atoms with Crippen LogP contribution in [-0.4, -0.2) is 31.2 Å². The highest BCUT2D eigenvalue weighted by Gasteiger charge is 2.13. The minimum absolute atomic E-state index is 0.198. The largest absolute Gasteiger partial charge is 0.453 e. The van der Waals surface area contributed by atoms with E-state index in [1.54, 1.807) is 4.90 Å². The molecule has 0 unspecified atom stereocenters. The van der Waals surface area contributed by atoms with E-state index in [-0.39, 0.29) is 6.09 Å². The van der Waals surface area contributed by atoms with Crippen molar-refractivity contribution in [1.82, 2.24) is 4.90 Å². The summed E-state index contributed by atoms with van der Waals surface area (Å²) in [7, 11) is 1.44. The summed E-state index contributed by atoms with van der Waals surface area (Å²) in [5.74, 6) is 1.24. The summed E-state index contributed by atoms with van der Waals surface area (Å²) in [6, 6.07) is 0. The molecule has 0 rings (SSSR count). The van der Waals surface area contributed by atoms with E-state index in [0.29, 0.717) is 11.8 Å². The lowest BCUT2D eigenvalue weighted by Gasteiger charge is -2.22. The summed E-state index contributed by atoms with van der Waals surface area (Å²) in [5.41, 5.74) is 0. The van der Waals surface area contributed by atoms with Gasteiger partial charge in [0.05, 0.1) is 7.11 Å². The van der Waals surface area contributed by atoms with Gasteiger partial charge in [-0.15, -0.1) is 0 Å². The maximum atomic E-state index is 11.4. The fourth-order valence-corrected chi connectivity index (χ4v) is 1.25. The minimum Gasteiger partial charge on any atom is -0.453 e. The maximum Gasteiger partial charge on any atom is 0.409 e. The van der Waals surface area contributed by atoms with Crippen LogP contribution in [0.15, 0.2) is 0 Å². The lowest BCUT2D eigenvalue weighted by Crippen LogP contribution is -2.33. The van der Waals surface area contributed by atoms with Gasteiger partial charge in [-0.05, 0) is 24.7 Å². The first-order valence-electron chi connectivity index (χ1n) is 5.80.